The van der Waals surface area contributed by atoms with E-state index in [1.807, 2.05) is 18.2 Å². The summed E-state index contributed by atoms with van der Waals surface area (Å²) in [5.74, 6) is -0.120. The standard InChI is InChI=1S/C18H19N3O2.C6H4/c1-12(22)15-7-4-8-16(17(15)19)20-18(23)21-10-9-13-5-2-3-6-14(13)11-21;1-2-6-4-3-5(1)6/h2-8H,9-11,19H2,1H3,(H,20,23);1-4H. The van der Waals surface area contributed by atoms with E-state index in [0.29, 0.717) is 30.0 Å². The molecule has 0 unspecified atom stereocenters. The summed E-state index contributed by atoms with van der Waals surface area (Å²) < 4.78 is 0. The normalized spacial score (nSPS) is 12.9. The molecule has 0 saturated heterocycles. The van der Waals surface area contributed by atoms with Crippen molar-refractivity contribution in [2.75, 3.05) is 17.6 Å². The molecule has 5 rings (SSSR count). The minimum Gasteiger partial charge on any atom is -0.396 e. The minimum atomic E-state index is -0.202. The number of para-hydroxylation sites is 1. The van der Waals surface area contributed by atoms with Crippen LogP contribution in [0.1, 0.15) is 28.4 Å². The summed E-state index contributed by atoms with van der Waals surface area (Å²) in [4.78, 5) is 25.8. The maximum atomic E-state index is 12.5. The summed E-state index contributed by atoms with van der Waals surface area (Å²) >= 11 is 0. The van der Waals surface area contributed by atoms with Crippen molar-refractivity contribution in [1.82, 2.24) is 4.90 Å². The van der Waals surface area contributed by atoms with Gasteiger partial charge in [-0.05, 0) is 47.7 Å². The second kappa shape index (κ2) is 7.80. The van der Waals surface area contributed by atoms with Crippen molar-refractivity contribution in [3.63, 3.8) is 0 Å². The zero-order valence-electron chi connectivity index (χ0n) is 16.3. The molecule has 0 atom stereocenters. The molecule has 5 nitrogen and oxygen atoms in total. The van der Waals surface area contributed by atoms with Gasteiger partial charge in [0.05, 0.1) is 11.4 Å². The van der Waals surface area contributed by atoms with E-state index in [2.05, 4.69) is 35.6 Å². The molecule has 0 aromatic heterocycles. The second-order valence-electron chi connectivity index (χ2n) is 7.27. The third kappa shape index (κ3) is 3.85. The quantitative estimate of drug-likeness (QED) is 0.387. The first-order valence-corrected chi connectivity index (χ1v) is 9.65. The molecule has 0 saturated carbocycles. The van der Waals surface area contributed by atoms with E-state index >= 15 is 0 Å². The van der Waals surface area contributed by atoms with Gasteiger partial charge >= 0.3 is 6.03 Å². The molecule has 3 aliphatic rings. The Hall–Kier alpha value is -3.60. The molecule has 2 amide bonds. The first kappa shape index (κ1) is 18.7. The monoisotopic (exact) mass is 385 g/mol. The highest BCUT2D eigenvalue weighted by Crippen LogP contribution is 2.29. The number of nitrogens with zero attached hydrogens (tertiary/aromatic N) is 1. The number of amides is 2. The van der Waals surface area contributed by atoms with E-state index in [9.17, 15) is 9.59 Å². The van der Waals surface area contributed by atoms with Gasteiger partial charge in [0.2, 0.25) is 0 Å². The number of anilines is 2. The highest BCUT2D eigenvalue weighted by molar-refractivity contribution is 6.04. The predicted octanol–water partition coefficient (Wildman–Crippen LogP) is 4.73. The van der Waals surface area contributed by atoms with Crippen LogP contribution in [0.3, 0.4) is 0 Å². The molecule has 5 heteroatoms. The summed E-state index contributed by atoms with van der Waals surface area (Å²) in [5.41, 5.74) is 12.5. The predicted molar refractivity (Wildman–Crippen MR) is 116 cm³/mol. The number of hydrogen-bond donors (Lipinski definition) is 2. The molecule has 2 aliphatic carbocycles. The zero-order valence-corrected chi connectivity index (χ0v) is 16.3. The SMILES string of the molecule is CC(=O)c1cccc(NC(=O)N2CCc3ccccc3C2)c1N.c1cc2ccc1-2. The van der Waals surface area contributed by atoms with Gasteiger partial charge in [0, 0.05) is 18.7 Å². The Labute approximate surface area is 170 Å². The fraction of sp³-hybridized carbons (Fsp3) is 0.167. The van der Waals surface area contributed by atoms with E-state index in [0.717, 1.165) is 6.42 Å². The van der Waals surface area contributed by atoms with Crippen LogP contribution in [0.2, 0.25) is 0 Å². The summed E-state index contributed by atoms with van der Waals surface area (Å²) in [7, 11) is 0. The number of Topliss-reactive ketones (excluding diaryl/α,β-unsaturated/α-hetero) is 1. The number of nitrogens with two attached hydrogens (primary N) is 1. The molecule has 3 N–H and O–H groups in total. The van der Waals surface area contributed by atoms with Gasteiger partial charge in [0.25, 0.3) is 0 Å². The lowest BCUT2D eigenvalue weighted by Gasteiger charge is -2.29. The number of rotatable bonds is 2. The summed E-state index contributed by atoms with van der Waals surface area (Å²) in [6.07, 6.45) is 0.840. The molecule has 0 spiro atoms. The number of carbonyl (C=O) groups is 2. The van der Waals surface area contributed by atoms with E-state index in [-0.39, 0.29) is 11.8 Å². The minimum absolute atomic E-state index is 0.120. The molecule has 146 valence electrons. The highest BCUT2D eigenvalue weighted by atomic mass is 16.2. The molecular formula is C24H23N3O2. The van der Waals surface area contributed by atoms with Gasteiger partial charge in [-0.15, -0.1) is 0 Å². The van der Waals surface area contributed by atoms with E-state index in [4.69, 9.17) is 5.73 Å². The Morgan fingerprint density at radius 1 is 0.897 bits per heavy atom. The maximum absolute atomic E-state index is 12.5. The van der Waals surface area contributed by atoms with E-state index in [1.165, 1.54) is 29.2 Å². The topological polar surface area (TPSA) is 75.4 Å². The third-order valence-electron chi connectivity index (χ3n) is 5.36. The fourth-order valence-electron chi connectivity index (χ4n) is 3.51. The Balaban J connectivity index is 0.000000286. The number of nitrogen functional groups attached to an aromatic ring is 1. The number of ketones is 1. The van der Waals surface area contributed by atoms with Gasteiger partial charge in [-0.3, -0.25) is 4.79 Å². The van der Waals surface area contributed by atoms with Crippen LogP contribution in [0, 0.1) is 0 Å². The smallest absolute Gasteiger partial charge is 0.322 e. The van der Waals surface area contributed by atoms with Crippen LogP contribution in [0.4, 0.5) is 16.2 Å². The lowest BCUT2D eigenvalue weighted by molar-refractivity contribution is 0.101. The number of fused-ring (bicyclic) bond motifs is 2. The molecule has 2 aromatic rings. The van der Waals surface area contributed by atoms with Crippen molar-refractivity contribution in [3.05, 3.63) is 83.4 Å². The van der Waals surface area contributed by atoms with Crippen molar-refractivity contribution in [2.24, 2.45) is 0 Å². The van der Waals surface area contributed by atoms with Crippen LogP contribution >= 0.6 is 0 Å². The van der Waals surface area contributed by atoms with Crippen LogP contribution in [0.15, 0.2) is 66.7 Å². The average molecular weight is 385 g/mol. The van der Waals surface area contributed by atoms with Crippen molar-refractivity contribution in [1.29, 1.82) is 0 Å². The average Bonchev–Trinajstić information content (AvgIpc) is 2.72. The number of benzene rings is 3. The van der Waals surface area contributed by atoms with Gasteiger partial charge in [0.15, 0.2) is 5.78 Å². The van der Waals surface area contributed by atoms with Gasteiger partial charge in [-0.1, -0.05) is 54.6 Å². The number of urea groups is 1. The van der Waals surface area contributed by atoms with Crippen molar-refractivity contribution in [2.45, 2.75) is 19.9 Å². The summed E-state index contributed by atoms with van der Waals surface area (Å²) in [5, 5.41) is 2.82. The molecule has 1 aliphatic heterocycles. The molecule has 1 heterocycles. The lowest BCUT2D eigenvalue weighted by Crippen LogP contribution is -2.39. The first-order chi connectivity index (χ1) is 14.0. The second-order valence-corrected chi connectivity index (χ2v) is 7.27. The Bertz CT molecular complexity index is 1050. The molecule has 29 heavy (non-hydrogen) atoms. The third-order valence-corrected chi connectivity index (χ3v) is 5.36. The first-order valence-electron chi connectivity index (χ1n) is 9.65. The van der Waals surface area contributed by atoms with Crippen LogP contribution in [0.5, 0.6) is 0 Å². The molecule has 0 fully saturated rings. The van der Waals surface area contributed by atoms with Crippen molar-refractivity contribution >= 4 is 23.2 Å². The van der Waals surface area contributed by atoms with Crippen molar-refractivity contribution in [3.8, 4) is 11.1 Å². The number of carbonyl (C=O) groups excluding carboxylic acids is 2. The largest absolute Gasteiger partial charge is 0.396 e. The molecule has 0 radical (unpaired) electrons. The van der Waals surface area contributed by atoms with Crippen LogP contribution in [0.25, 0.3) is 11.1 Å². The number of nitrogens with one attached hydrogen (secondary N) is 1. The molecule has 2 aromatic carbocycles. The van der Waals surface area contributed by atoms with Gasteiger partial charge in [-0.25, -0.2) is 4.79 Å². The Morgan fingerprint density at radius 2 is 1.55 bits per heavy atom. The van der Waals surface area contributed by atoms with Crippen LogP contribution in [-0.2, 0) is 13.0 Å². The lowest BCUT2D eigenvalue weighted by atomic mass is 9.95. The Kier molecular flexibility index (Phi) is 5.04. The number of hydrogen-bond acceptors (Lipinski definition) is 3. The van der Waals surface area contributed by atoms with Crippen LogP contribution < -0.4 is 11.1 Å². The van der Waals surface area contributed by atoms with Crippen LogP contribution in [-0.4, -0.2) is 23.3 Å². The summed E-state index contributed by atoms with van der Waals surface area (Å²) in [6, 6.07) is 21.5. The van der Waals surface area contributed by atoms with Gasteiger partial charge < -0.3 is 16.0 Å². The Morgan fingerprint density at radius 3 is 2.14 bits per heavy atom. The van der Waals surface area contributed by atoms with Gasteiger partial charge in [-0.2, -0.15) is 0 Å². The van der Waals surface area contributed by atoms with Gasteiger partial charge in [0.1, 0.15) is 0 Å². The molecular weight excluding hydrogens is 362 g/mol. The molecule has 0 bridgehead atoms. The van der Waals surface area contributed by atoms with E-state index < -0.39 is 0 Å². The van der Waals surface area contributed by atoms with E-state index in [1.54, 1.807) is 23.1 Å². The highest BCUT2D eigenvalue weighted by Gasteiger charge is 2.21. The maximum Gasteiger partial charge on any atom is 0.322 e. The summed E-state index contributed by atoms with van der Waals surface area (Å²) in [6.45, 7) is 2.70. The van der Waals surface area contributed by atoms with Crippen molar-refractivity contribution < 1.29 is 9.59 Å². The fourth-order valence-corrected chi connectivity index (χ4v) is 3.51. The zero-order chi connectivity index (χ0) is 20.4.